The number of amides is 1. The lowest BCUT2D eigenvalue weighted by Gasteiger charge is -2.27. The molecule has 2 saturated heterocycles. The zero-order valence-electron chi connectivity index (χ0n) is 6.41. The van der Waals surface area contributed by atoms with Crippen LogP contribution < -0.4 is 10.6 Å². The molecule has 0 aromatic carbocycles. The number of carbonyl (C=O) groups excluding carboxylic acids is 1. The molecule has 2 bridgehead atoms. The summed E-state index contributed by atoms with van der Waals surface area (Å²) in [7, 11) is 0. The van der Waals surface area contributed by atoms with Gasteiger partial charge in [-0.25, -0.2) is 4.79 Å². The van der Waals surface area contributed by atoms with Gasteiger partial charge in [-0.3, -0.25) is 4.79 Å². The van der Waals surface area contributed by atoms with E-state index in [0.717, 1.165) is 12.8 Å². The van der Waals surface area contributed by atoms with Crippen molar-refractivity contribution in [3.63, 3.8) is 0 Å². The quantitative estimate of drug-likeness (QED) is 0.456. The smallest absolute Gasteiger partial charge is 0.327 e. The Hall–Kier alpha value is -1.10. The van der Waals surface area contributed by atoms with Crippen LogP contribution in [0.4, 0.5) is 0 Å². The van der Waals surface area contributed by atoms with E-state index in [4.69, 9.17) is 5.11 Å². The van der Waals surface area contributed by atoms with Crippen molar-refractivity contribution in [2.45, 2.75) is 31.0 Å². The monoisotopic (exact) mass is 170 g/mol. The molecule has 2 rings (SSSR count). The molecular formula is C7H10N2O3. The number of piperazine rings is 1. The first-order chi connectivity index (χ1) is 5.68. The summed E-state index contributed by atoms with van der Waals surface area (Å²) in [6.45, 7) is 0. The fourth-order valence-electron chi connectivity index (χ4n) is 1.83. The van der Waals surface area contributed by atoms with Gasteiger partial charge in [-0.05, 0) is 12.8 Å². The lowest BCUT2D eigenvalue weighted by molar-refractivity contribution is -0.144. The predicted molar refractivity (Wildman–Crippen MR) is 39.5 cm³/mol. The van der Waals surface area contributed by atoms with Gasteiger partial charge in [-0.2, -0.15) is 0 Å². The van der Waals surface area contributed by atoms with Crippen LogP contribution in [0.5, 0.6) is 0 Å². The highest BCUT2D eigenvalue weighted by Gasteiger charge is 2.43. The van der Waals surface area contributed by atoms with Gasteiger partial charge in [0, 0.05) is 6.04 Å². The van der Waals surface area contributed by atoms with Crippen molar-refractivity contribution in [3.05, 3.63) is 0 Å². The summed E-state index contributed by atoms with van der Waals surface area (Å²) < 4.78 is 0. The van der Waals surface area contributed by atoms with Crippen molar-refractivity contribution in [3.8, 4) is 0 Å². The molecule has 1 unspecified atom stereocenters. The molecular weight excluding hydrogens is 160 g/mol. The molecule has 2 aliphatic heterocycles. The van der Waals surface area contributed by atoms with Crippen molar-refractivity contribution in [1.29, 1.82) is 0 Å². The molecule has 12 heavy (non-hydrogen) atoms. The van der Waals surface area contributed by atoms with E-state index >= 15 is 0 Å². The molecule has 2 aliphatic rings. The highest BCUT2D eigenvalue weighted by atomic mass is 16.4. The molecule has 66 valence electrons. The standard InChI is InChI=1S/C7H10N2O3/c10-6-4-2-1-3(8-4)5(9-6)7(11)12/h3-5,8H,1-2H2,(H,9,10)(H,11,12)/t3-,4+,5?/m1/s1. The number of carbonyl (C=O) groups is 2. The third kappa shape index (κ3) is 0.972. The van der Waals surface area contributed by atoms with Gasteiger partial charge in [0.25, 0.3) is 0 Å². The average molecular weight is 170 g/mol. The second-order valence-corrected chi connectivity index (χ2v) is 3.23. The van der Waals surface area contributed by atoms with E-state index < -0.39 is 12.0 Å². The summed E-state index contributed by atoms with van der Waals surface area (Å²) in [5, 5.41) is 14.2. The Morgan fingerprint density at radius 1 is 1.50 bits per heavy atom. The fourth-order valence-corrected chi connectivity index (χ4v) is 1.83. The first-order valence-corrected chi connectivity index (χ1v) is 3.98. The molecule has 5 heteroatoms. The summed E-state index contributed by atoms with van der Waals surface area (Å²) in [5.41, 5.74) is 0. The Kier molecular flexibility index (Phi) is 1.54. The van der Waals surface area contributed by atoms with Crippen molar-refractivity contribution >= 4 is 11.9 Å². The number of carboxylic acids is 1. The number of hydrogen-bond acceptors (Lipinski definition) is 3. The van der Waals surface area contributed by atoms with Crippen LogP contribution in [0.15, 0.2) is 0 Å². The molecule has 0 spiro atoms. The zero-order valence-corrected chi connectivity index (χ0v) is 6.41. The minimum atomic E-state index is -0.957. The number of aliphatic carboxylic acids is 1. The minimum Gasteiger partial charge on any atom is -0.480 e. The van der Waals surface area contributed by atoms with E-state index in [1.54, 1.807) is 0 Å². The van der Waals surface area contributed by atoms with Crippen molar-refractivity contribution in [2.24, 2.45) is 0 Å². The summed E-state index contributed by atoms with van der Waals surface area (Å²) in [4.78, 5) is 21.8. The van der Waals surface area contributed by atoms with Crippen LogP contribution in [0.1, 0.15) is 12.8 Å². The Labute approximate surface area is 69.1 Å². The summed E-state index contributed by atoms with van der Waals surface area (Å²) in [6.07, 6.45) is 1.51. The summed E-state index contributed by atoms with van der Waals surface area (Å²) in [6, 6.07) is -0.980. The number of fused-ring (bicyclic) bond motifs is 2. The Bertz CT molecular complexity index is 241. The van der Waals surface area contributed by atoms with Crippen LogP contribution in [0.2, 0.25) is 0 Å². The molecule has 2 heterocycles. The van der Waals surface area contributed by atoms with E-state index in [1.807, 2.05) is 0 Å². The number of hydrogen-bond donors (Lipinski definition) is 3. The normalized spacial score (nSPS) is 39.3. The highest BCUT2D eigenvalue weighted by molar-refractivity contribution is 5.89. The lowest BCUT2D eigenvalue weighted by atomic mass is 10.1. The predicted octanol–water partition coefficient (Wildman–Crippen LogP) is -1.31. The van der Waals surface area contributed by atoms with Gasteiger partial charge in [0.1, 0.15) is 6.04 Å². The van der Waals surface area contributed by atoms with E-state index in [1.165, 1.54) is 0 Å². The van der Waals surface area contributed by atoms with E-state index in [9.17, 15) is 9.59 Å². The second kappa shape index (κ2) is 2.45. The third-order valence-corrected chi connectivity index (χ3v) is 2.46. The summed E-state index contributed by atoms with van der Waals surface area (Å²) >= 11 is 0. The van der Waals surface area contributed by atoms with Crippen LogP contribution in [-0.2, 0) is 9.59 Å². The Morgan fingerprint density at radius 3 is 2.92 bits per heavy atom. The SMILES string of the molecule is O=C(O)C1NC(=O)[C@@H]2CC[C@H]1N2. The first kappa shape index (κ1) is 7.54. The minimum absolute atomic E-state index is 0.0785. The molecule has 1 amide bonds. The van der Waals surface area contributed by atoms with Gasteiger partial charge >= 0.3 is 5.97 Å². The van der Waals surface area contributed by atoms with Gasteiger partial charge in [-0.15, -0.1) is 0 Å². The largest absolute Gasteiger partial charge is 0.480 e. The maximum absolute atomic E-state index is 11.1. The van der Waals surface area contributed by atoms with Crippen LogP contribution >= 0.6 is 0 Å². The zero-order chi connectivity index (χ0) is 8.72. The van der Waals surface area contributed by atoms with Gasteiger partial charge in [-0.1, -0.05) is 0 Å². The first-order valence-electron chi connectivity index (χ1n) is 3.98. The molecule has 0 aromatic heterocycles. The van der Waals surface area contributed by atoms with Gasteiger partial charge < -0.3 is 15.7 Å². The second-order valence-electron chi connectivity index (χ2n) is 3.23. The van der Waals surface area contributed by atoms with E-state index in [-0.39, 0.29) is 18.0 Å². The maximum Gasteiger partial charge on any atom is 0.327 e. The maximum atomic E-state index is 11.1. The number of carboxylic acid groups (broad SMARTS) is 1. The van der Waals surface area contributed by atoms with Gasteiger partial charge in [0.05, 0.1) is 6.04 Å². The van der Waals surface area contributed by atoms with Crippen LogP contribution in [0.25, 0.3) is 0 Å². The Balaban J connectivity index is 2.17. The average Bonchev–Trinajstić information content (AvgIpc) is 2.42. The van der Waals surface area contributed by atoms with Crippen LogP contribution in [0.3, 0.4) is 0 Å². The molecule has 5 nitrogen and oxygen atoms in total. The van der Waals surface area contributed by atoms with Crippen LogP contribution in [-0.4, -0.2) is 35.1 Å². The molecule has 3 atom stereocenters. The van der Waals surface area contributed by atoms with Crippen LogP contribution in [0, 0.1) is 0 Å². The number of nitrogens with one attached hydrogen (secondary N) is 2. The molecule has 3 N–H and O–H groups in total. The van der Waals surface area contributed by atoms with Crippen molar-refractivity contribution in [1.82, 2.24) is 10.6 Å². The van der Waals surface area contributed by atoms with E-state index in [2.05, 4.69) is 10.6 Å². The third-order valence-electron chi connectivity index (χ3n) is 2.46. The summed E-state index contributed by atoms with van der Waals surface area (Å²) in [5.74, 6) is -1.14. The molecule has 0 radical (unpaired) electrons. The Morgan fingerprint density at radius 2 is 2.25 bits per heavy atom. The lowest BCUT2D eigenvalue weighted by Crippen LogP contribution is -2.61. The van der Waals surface area contributed by atoms with E-state index in [0.29, 0.717) is 0 Å². The highest BCUT2D eigenvalue weighted by Crippen LogP contribution is 2.20. The topological polar surface area (TPSA) is 78.4 Å². The van der Waals surface area contributed by atoms with Crippen molar-refractivity contribution in [2.75, 3.05) is 0 Å². The molecule has 0 aliphatic carbocycles. The molecule has 0 aromatic rings. The van der Waals surface area contributed by atoms with Gasteiger partial charge in [0.15, 0.2) is 0 Å². The van der Waals surface area contributed by atoms with Gasteiger partial charge in [0.2, 0.25) is 5.91 Å². The molecule has 2 fully saturated rings. The fraction of sp³-hybridized carbons (Fsp3) is 0.714. The van der Waals surface area contributed by atoms with Crippen molar-refractivity contribution < 1.29 is 14.7 Å². The molecule has 0 saturated carbocycles. The number of rotatable bonds is 1.